The summed E-state index contributed by atoms with van der Waals surface area (Å²) in [5.41, 5.74) is 0. The molecule has 106 valence electrons. The van der Waals surface area contributed by atoms with Crippen LogP contribution in [-0.4, -0.2) is 12.9 Å². The Bertz CT molecular complexity index is 776. The fraction of sp³-hybridized carbons (Fsp3) is 0.222. The van der Waals surface area contributed by atoms with Gasteiger partial charge in [0, 0.05) is 6.42 Å². The Balaban J connectivity index is 1.69. The molecule has 3 aromatic rings. The van der Waals surface area contributed by atoms with Crippen molar-refractivity contribution in [3.63, 3.8) is 0 Å². The highest BCUT2D eigenvalue weighted by atomic mass is 17.2. The molecule has 1 aliphatic rings. The molecule has 1 fully saturated rings. The lowest BCUT2D eigenvalue weighted by Crippen LogP contribution is -2.25. The SMILES string of the molecule is c1ccc2cc3cc(OC4CCCOO4)ccc3cc2c1. The van der Waals surface area contributed by atoms with Gasteiger partial charge in [0.1, 0.15) is 5.75 Å². The molecule has 3 aromatic carbocycles. The Morgan fingerprint density at radius 2 is 1.62 bits per heavy atom. The lowest BCUT2D eigenvalue weighted by Gasteiger charge is -2.22. The predicted molar refractivity (Wildman–Crippen MR) is 82.1 cm³/mol. The van der Waals surface area contributed by atoms with Gasteiger partial charge in [-0.15, -0.1) is 0 Å². The van der Waals surface area contributed by atoms with Gasteiger partial charge in [-0.3, -0.25) is 0 Å². The largest absolute Gasteiger partial charge is 0.462 e. The molecule has 4 rings (SSSR count). The highest BCUT2D eigenvalue weighted by molar-refractivity contribution is 5.98. The van der Waals surface area contributed by atoms with Crippen molar-refractivity contribution in [1.29, 1.82) is 0 Å². The van der Waals surface area contributed by atoms with Gasteiger partial charge in [0.05, 0.1) is 6.61 Å². The van der Waals surface area contributed by atoms with Gasteiger partial charge in [-0.05, 0) is 52.2 Å². The quantitative estimate of drug-likeness (QED) is 0.513. The van der Waals surface area contributed by atoms with Crippen molar-refractivity contribution in [2.24, 2.45) is 0 Å². The minimum absolute atomic E-state index is 0.309. The minimum Gasteiger partial charge on any atom is -0.462 e. The first kappa shape index (κ1) is 12.6. The van der Waals surface area contributed by atoms with Gasteiger partial charge >= 0.3 is 0 Å². The van der Waals surface area contributed by atoms with Crippen LogP contribution in [0.1, 0.15) is 12.8 Å². The molecule has 0 saturated carbocycles. The van der Waals surface area contributed by atoms with Crippen molar-refractivity contribution >= 4 is 21.5 Å². The van der Waals surface area contributed by atoms with Crippen LogP contribution in [0.2, 0.25) is 0 Å². The normalized spacial score (nSPS) is 19.0. The van der Waals surface area contributed by atoms with E-state index in [1.807, 2.05) is 6.07 Å². The maximum Gasteiger partial charge on any atom is 0.231 e. The smallest absolute Gasteiger partial charge is 0.231 e. The number of hydrogen-bond donors (Lipinski definition) is 0. The van der Waals surface area contributed by atoms with E-state index in [0.29, 0.717) is 6.61 Å². The van der Waals surface area contributed by atoms with E-state index in [9.17, 15) is 0 Å². The third kappa shape index (κ3) is 2.58. The van der Waals surface area contributed by atoms with Crippen LogP contribution in [0.3, 0.4) is 0 Å². The first-order valence-electron chi connectivity index (χ1n) is 7.26. The molecule has 1 heterocycles. The van der Waals surface area contributed by atoms with E-state index in [4.69, 9.17) is 14.5 Å². The van der Waals surface area contributed by atoms with E-state index in [2.05, 4.69) is 48.5 Å². The molecule has 0 radical (unpaired) electrons. The van der Waals surface area contributed by atoms with Crippen LogP contribution in [0, 0.1) is 0 Å². The van der Waals surface area contributed by atoms with E-state index in [1.54, 1.807) is 0 Å². The van der Waals surface area contributed by atoms with Crippen molar-refractivity contribution in [2.45, 2.75) is 19.1 Å². The number of ether oxygens (including phenoxy) is 1. The van der Waals surface area contributed by atoms with Crippen LogP contribution in [0.15, 0.2) is 54.6 Å². The zero-order chi connectivity index (χ0) is 14.1. The van der Waals surface area contributed by atoms with Gasteiger partial charge in [0.25, 0.3) is 0 Å². The predicted octanol–water partition coefficient (Wildman–Crippen LogP) is 4.44. The summed E-state index contributed by atoms with van der Waals surface area (Å²) in [5, 5.41) is 4.87. The summed E-state index contributed by atoms with van der Waals surface area (Å²) >= 11 is 0. The van der Waals surface area contributed by atoms with Gasteiger partial charge < -0.3 is 4.74 Å². The maximum atomic E-state index is 5.83. The molecule has 1 atom stereocenters. The lowest BCUT2D eigenvalue weighted by atomic mass is 10.0. The molecule has 1 aliphatic heterocycles. The van der Waals surface area contributed by atoms with Crippen LogP contribution < -0.4 is 4.74 Å². The second-order valence-electron chi connectivity index (χ2n) is 5.32. The van der Waals surface area contributed by atoms with E-state index >= 15 is 0 Å². The summed E-state index contributed by atoms with van der Waals surface area (Å²) in [7, 11) is 0. The fourth-order valence-corrected chi connectivity index (χ4v) is 2.70. The average molecular weight is 280 g/mol. The number of hydrogen-bond acceptors (Lipinski definition) is 3. The van der Waals surface area contributed by atoms with E-state index in [1.165, 1.54) is 21.5 Å². The summed E-state index contributed by atoms with van der Waals surface area (Å²) in [6.45, 7) is 0.642. The van der Waals surface area contributed by atoms with Crippen molar-refractivity contribution in [3.05, 3.63) is 54.6 Å². The van der Waals surface area contributed by atoms with E-state index < -0.39 is 0 Å². The zero-order valence-electron chi connectivity index (χ0n) is 11.6. The monoisotopic (exact) mass is 280 g/mol. The second-order valence-corrected chi connectivity index (χ2v) is 5.32. The molecule has 1 unspecified atom stereocenters. The molecule has 21 heavy (non-hydrogen) atoms. The Morgan fingerprint density at radius 3 is 2.38 bits per heavy atom. The van der Waals surface area contributed by atoms with Crippen LogP contribution in [0.5, 0.6) is 5.75 Å². The fourth-order valence-electron chi connectivity index (χ4n) is 2.70. The highest BCUT2D eigenvalue weighted by Crippen LogP contribution is 2.27. The van der Waals surface area contributed by atoms with Gasteiger partial charge in [-0.2, -0.15) is 4.89 Å². The van der Waals surface area contributed by atoms with Crippen molar-refractivity contribution in [1.82, 2.24) is 0 Å². The van der Waals surface area contributed by atoms with Crippen LogP contribution in [0.25, 0.3) is 21.5 Å². The highest BCUT2D eigenvalue weighted by Gasteiger charge is 2.16. The summed E-state index contributed by atoms with van der Waals surface area (Å²) in [5.74, 6) is 0.813. The molecular weight excluding hydrogens is 264 g/mol. The molecule has 0 aromatic heterocycles. The zero-order valence-corrected chi connectivity index (χ0v) is 11.6. The van der Waals surface area contributed by atoms with Gasteiger partial charge in [0.15, 0.2) is 0 Å². The molecule has 0 bridgehead atoms. The number of rotatable bonds is 2. The third-order valence-corrected chi connectivity index (χ3v) is 3.79. The van der Waals surface area contributed by atoms with Gasteiger partial charge in [-0.25, -0.2) is 4.89 Å². The van der Waals surface area contributed by atoms with Crippen LogP contribution >= 0.6 is 0 Å². The molecule has 0 N–H and O–H groups in total. The van der Waals surface area contributed by atoms with Crippen LogP contribution in [-0.2, 0) is 9.78 Å². The second kappa shape index (κ2) is 5.35. The average Bonchev–Trinajstić information content (AvgIpc) is 2.54. The van der Waals surface area contributed by atoms with Crippen LogP contribution in [0.4, 0.5) is 0 Å². The molecule has 1 saturated heterocycles. The molecule has 3 nitrogen and oxygen atoms in total. The maximum absolute atomic E-state index is 5.83. The van der Waals surface area contributed by atoms with E-state index in [-0.39, 0.29) is 6.29 Å². The summed E-state index contributed by atoms with van der Waals surface area (Å²) in [4.78, 5) is 10.1. The minimum atomic E-state index is -0.309. The Labute approximate surface area is 123 Å². The molecular formula is C18H16O3. The van der Waals surface area contributed by atoms with Gasteiger partial charge in [0.2, 0.25) is 6.29 Å². The summed E-state index contributed by atoms with van der Waals surface area (Å²) < 4.78 is 5.83. The molecule has 0 amide bonds. The topological polar surface area (TPSA) is 27.7 Å². The Hall–Kier alpha value is -2.10. The Morgan fingerprint density at radius 1 is 0.857 bits per heavy atom. The number of benzene rings is 3. The number of fused-ring (bicyclic) bond motifs is 2. The van der Waals surface area contributed by atoms with Gasteiger partial charge in [-0.1, -0.05) is 30.3 Å². The molecule has 0 spiro atoms. The Kier molecular flexibility index (Phi) is 3.22. The first-order chi connectivity index (χ1) is 10.4. The summed E-state index contributed by atoms with van der Waals surface area (Å²) in [6.07, 6.45) is 1.51. The van der Waals surface area contributed by atoms with Crippen molar-refractivity contribution in [2.75, 3.05) is 6.61 Å². The first-order valence-corrected chi connectivity index (χ1v) is 7.26. The third-order valence-electron chi connectivity index (χ3n) is 3.79. The van der Waals surface area contributed by atoms with Crippen molar-refractivity contribution in [3.8, 4) is 5.75 Å². The van der Waals surface area contributed by atoms with Crippen molar-refractivity contribution < 1.29 is 14.5 Å². The lowest BCUT2D eigenvalue weighted by molar-refractivity contribution is -0.382. The molecule has 0 aliphatic carbocycles. The summed E-state index contributed by atoms with van der Waals surface area (Å²) in [6, 6.07) is 18.9. The standard InChI is InChI=1S/C18H16O3/c1-2-5-14-11-16-12-17(20-18-6-3-9-19-21-18)8-7-15(16)10-13(14)4-1/h1-2,4-5,7-8,10-12,18H,3,6,9H2. The molecule has 3 heteroatoms. The van der Waals surface area contributed by atoms with E-state index in [0.717, 1.165) is 18.6 Å².